The summed E-state index contributed by atoms with van der Waals surface area (Å²) in [6.45, 7) is 1.67. The van der Waals surface area contributed by atoms with E-state index in [1.165, 1.54) is 13.2 Å². The Hall–Kier alpha value is -3.55. The van der Waals surface area contributed by atoms with Crippen molar-refractivity contribution >= 4 is 63.5 Å². The molecule has 0 saturated heterocycles. The number of halogens is 2. The van der Waals surface area contributed by atoms with Crippen LogP contribution in [-0.4, -0.2) is 25.5 Å². The molecule has 0 bridgehead atoms. The van der Waals surface area contributed by atoms with Gasteiger partial charge in [0.2, 0.25) is 0 Å². The SMILES string of the molecule is COc1cc(/C=C(\C#N)C(=O)Nc2cccc(C)c2)cc(I)c1OCC(=O)Nc1ccc(Cl)cc1. The minimum absolute atomic E-state index is 0.0691. The number of benzene rings is 3. The highest BCUT2D eigenvalue weighted by Gasteiger charge is 2.15. The number of nitrogens with one attached hydrogen (secondary N) is 2. The van der Waals surface area contributed by atoms with Crippen LogP contribution in [0.25, 0.3) is 6.08 Å². The van der Waals surface area contributed by atoms with E-state index in [0.29, 0.717) is 37.0 Å². The van der Waals surface area contributed by atoms with E-state index in [1.807, 2.05) is 53.8 Å². The van der Waals surface area contributed by atoms with Gasteiger partial charge in [-0.25, -0.2) is 0 Å². The van der Waals surface area contributed by atoms with Gasteiger partial charge in [0.25, 0.3) is 11.8 Å². The average molecular weight is 602 g/mol. The fourth-order valence-electron chi connectivity index (χ4n) is 3.07. The maximum absolute atomic E-state index is 12.6. The molecule has 0 aliphatic carbocycles. The van der Waals surface area contributed by atoms with Gasteiger partial charge in [0.1, 0.15) is 11.6 Å². The number of aryl methyl sites for hydroxylation is 1. The quantitative estimate of drug-likeness (QED) is 0.192. The molecular weight excluding hydrogens is 581 g/mol. The second-order valence-corrected chi connectivity index (χ2v) is 8.97. The van der Waals surface area contributed by atoms with Crippen molar-refractivity contribution in [1.29, 1.82) is 5.26 Å². The summed E-state index contributed by atoms with van der Waals surface area (Å²) < 4.78 is 11.8. The first-order valence-electron chi connectivity index (χ1n) is 10.3. The van der Waals surface area contributed by atoms with Crippen LogP contribution in [0, 0.1) is 21.8 Å². The maximum atomic E-state index is 12.6. The van der Waals surface area contributed by atoms with Crippen LogP contribution < -0.4 is 20.1 Å². The zero-order chi connectivity index (χ0) is 25.4. The molecule has 3 rings (SSSR count). The summed E-state index contributed by atoms with van der Waals surface area (Å²) in [6.07, 6.45) is 1.47. The number of hydrogen-bond donors (Lipinski definition) is 2. The molecule has 2 N–H and O–H groups in total. The molecule has 0 heterocycles. The standard InChI is InChI=1S/C26H21ClIN3O4/c1-16-4-3-5-21(10-16)31-26(33)18(14-29)11-17-12-22(28)25(23(13-17)34-2)35-15-24(32)30-20-8-6-19(27)7-9-20/h3-13H,15H2,1-2H3,(H,30,32)(H,31,33)/b18-11+. The van der Waals surface area contributed by atoms with E-state index >= 15 is 0 Å². The Bertz CT molecular complexity index is 1320. The van der Waals surface area contributed by atoms with E-state index in [2.05, 4.69) is 10.6 Å². The summed E-state index contributed by atoms with van der Waals surface area (Å²) in [7, 11) is 1.47. The minimum Gasteiger partial charge on any atom is -0.493 e. The lowest BCUT2D eigenvalue weighted by atomic mass is 10.1. The Morgan fingerprint density at radius 1 is 1.09 bits per heavy atom. The van der Waals surface area contributed by atoms with E-state index in [4.69, 9.17) is 21.1 Å². The molecule has 0 saturated carbocycles. The van der Waals surface area contributed by atoms with Gasteiger partial charge in [-0.3, -0.25) is 9.59 Å². The fraction of sp³-hybridized carbons (Fsp3) is 0.115. The van der Waals surface area contributed by atoms with E-state index in [1.54, 1.807) is 42.5 Å². The molecule has 0 radical (unpaired) electrons. The summed E-state index contributed by atoms with van der Waals surface area (Å²) in [6, 6.07) is 19.3. The number of nitrogens with zero attached hydrogens (tertiary/aromatic N) is 1. The summed E-state index contributed by atoms with van der Waals surface area (Å²) >= 11 is 7.90. The molecule has 35 heavy (non-hydrogen) atoms. The normalized spacial score (nSPS) is 10.8. The highest BCUT2D eigenvalue weighted by Crippen LogP contribution is 2.34. The number of methoxy groups -OCH3 is 1. The van der Waals surface area contributed by atoms with Crippen molar-refractivity contribution in [3.8, 4) is 17.6 Å². The lowest BCUT2D eigenvalue weighted by molar-refractivity contribution is -0.118. The zero-order valence-electron chi connectivity index (χ0n) is 18.9. The number of hydrogen-bond acceptors (Lipinski definition) is 5. The third kappa shape index (κ3) is 7.47. The van der Waals surface area contributed by atoms with Gasteiger partial charge in [-0.15, -0.1) is 0 Å². The molecule has 3 aromatic rings. The highest BCUT2D eigenvalue weighted by atomic mass is 127. The Morgan fingerprint density at radius 3 is 2.49 bits per heavy atom. The lowest BCUT2D eigenvalue weighted by Crippen LogP contribution is -2.20. The van der Waals surface area contributed by atoms with Gasteiger partial charge in [0.15, 0.2) is 18.1 Å². The Balaban J connectivity index is 1.73. The first-order valence-corrected chi connectivity index (χ1v) is 11.8. The third-order valence-corrected chi connectivity index (χ3v) is 5.73. The first-order chi connectivity index (χ1) is 16.8. The monoisotopic (exact) mass is 601 g/mol. The van der Waals surface area contributed by atoms with Crippen molar-refractivity contribution < 1.29 is 19.1 Å². The number of rotatable bonds is 8. The Labute approximate surface area is 221 Å². The summed E-state index contributed by atoms with van der Waals surface area (Å²) in [5.74, 6) is -0.141. The fourth-order valence-corrected chi connectivity index (χ4v) is 3.97. The van der Waals surface area contributed by atoms with Gasteiger partial charge >= 0.3 is 0 Å². The average Bonchev–Trinajstić information content (AvgIpc) is 2.82. The number of anilines is 2. The molecule has 0 spiro atoms. The molecule has 178 valence electrons. The van der Waals surface area contributed by atoms with E-state index < -0.39 is 5.91 Å². The topological polar surface area (TPSA) is 100 Å². The molecule has 2 amide bonds. The summed E-state index contributed by atoms with van der Waals surface area (Å²) in [4.78, 5) is 24.9. The third-order valence-electron chi connectivity index (χ3n) is 4.68. The van der Waals surface area contributed by atoms with Gasteiger partial charge < -0.3 is 20.1 Å². The van der Waals surface area contributed by atoms with Crippen LogP contribution in [0.2, 0.25) is 5.02 Å². The highest BCUT2D eigenvalue weighted by molar-refractivity contribution is 14.1. The van der Waals surface area contributed by atoms with Crippen LogP contribution in [0.5, 0.6) is 11.5 Å². The van der Waals surface area contributed by atoms with Crippen LogP contribution in [0.1, 0.15) is 11.1 Å². The smallest absolute Gasteiger partial charge is 0.266 e. The van der Waals surface area contributed by atoms with E-state index in [9.17, 15) is 14.9 Å². The second kappa shape index (κ2) is 12.2. The van der Waals surface area contributed by atoms with Crippen molar-refractivity contribution in [3.63, 3.8) is 0 Å². The number of ether oxygens (including phenoxy) is 2. The molecule has 9 heteroatoms. The number of nitriles is 1. The molecule has 0 unspecified atom stereocenters. The zero-order valence-corrected chi connectivity index (χ0v) is 21.8. The van der Waals surface area contributed by atoms with E-state index in [-0.39, 0.29) is 18.1 Å². The lowest BCUT2D eigenvalue weighted by Gasteiger charge is -2.14. The Kier molecular flexibility index (Phi) is 9.11. The van der Waals surface area contributed by atoms with Crippen LogP contribution in [0.3, 0.4) is 0 Å². The van der Waals surface area contributed by atoms with Crippen molar-refractivity contribution in [3.05, 3.63) is 86.0 Å². The number of amides is 2. The number of carbonyl (C=O) groups is 2. The van der Waals surface area contributed by atoms with Gasteiger partial charge in [-0.05, 0) is 95.2 Å². The van der Waals surface area contributed by atoms with Gasteiger partial charge in [-0.2, -0.15) is 5.26 Å². The number of carbonyl (C=O) groups excluding carboxylic acids is 2. The Morgan fingerprint density at radius 2 is 1.83 bits per heavy atom. The molecule has 0 aromatic heterocycles. The minimum atomic E-state index is -0.522. The van der Waals surface area contributed by atoms with Crippen molar-refractivity contribution in [2.45, 2.75) is 6.92 Å². The molecule has 7 nitrogen and oxygen atoms in total. The maximum Gasteiger partial charge on any atom is 0.266 e. The van der Waals surface area contributed by atoms with E-state index in [0.717, 1.165) is 5.56 Å². The predicted octanol–water partition coefficient (Wildman–Crippen LogP) is 5.82. The van der Waals surface area contributed by atoms with Crippen LogP contribution in [0.15, 0.2) is 66.2 Å². The molecule has 0 aliphatic heterocycles. The van der Waals surface area contributed by atoms with Gasteiger partial charge in [-0.1, -0.05) is 23.7 Å². The summed E-state index contributed by atoms with van der Waals surface area (Å²) in [5, 5.41) is 15.5. The molecular formula is C26H21ClIN3O4. The largest absolute Gasteiger partial charge is 0.493 e. The second-order valence-electron chi connectivity index (χ2n) is 7.37. The van der Waals surface area contributed by atoms with Crippen LogP contribution >= 0.6 is 34.2 Å². The van der Waals surface area contributed by atoms with Crippen molar-refractivity contribution in [2.24, 2.45) is 0 Å². The molecule has 0 fully saturated rings. The van der Waals surface area contributed by atoms with Crippen LogP contribution in [-0.2, 0) is 9.59 Å². The van der Waals surface area contributed by atoms with Crippen LogP contribution in [0.4, 0.5) is 11.4 Å². The molecule has 0 aliphatic rings. The molecule has 3 aromatic carbocycles. The van der Waals surface area contributed by atoms with Crippen molar-refractivity contribution in [1.82, 2.24) is 0 Å². The van der Waals surface area contributed by atoms with Crippen molar-refractivity contribution in [2.75, 3.05) is 24.4 Å². The van der Waals surface area contributed by atoms with Gasteiger partial charge in [0.05, 0.1) is 10.7 Å². The molecule has 0 atom stereocenters. The van der Waals surface area contributed by atoms with Gasteiger partial charge in [0, 0.05) is 16.4 Å². The first kappa shape index (κ1) is 26.1. The summed E-state index contributed by atoms with van der Waals surface area (Å²) in [5.41, 5.74) is 2.68. The predicted molar refractivity (Wildman–Crippen MR) is 145 cm³/mol.